The van der Waals surface area contributed by atoms with Gasteiger partial charge in [0.25, 0.3) is 0 Å². The molecule has 6 N–H and O–H groups in total. The molecule has 0 radical (unpaired) electrons. The van der Waals surface area contributed by atoms with Crippen LogP contribution in [0.5, 0.6) is 0 Å². The third-order valence-electron chi connectivity index (χ3n) is 12.0. The van der Waals surface area contributed by atoms with Gasteiger partial charge in [-0.05, 0) is 23.6 Å². The highest BCUT2D eigenvalue weighted by Crippen LogP contribution is 2.55. The number of hydrogen-bond acceptors (Lipinski definition) is 26. The predicted octanol–water partition coefficient (Wildman–Crippen LogP) is 0.0460. The summed E-state index contributed by atoms with van der Waals surface area (Å²) in [5, 5.41) is 0. The number of nitrogens with two attached hydrogens (primary N) is 2. The number of alkyl halides is 1. The fourth-order valence-electron chi connectivity index (χ4n) is 8.20. The topological polar surface area (TPSA) is 365 Å². The number of nitrogen functional groups attached to an aromatic ring is 2. The van der Waals surface area contributed by atoms with E-state index in [4.69, 9.17) is 91.1 Å². The Labute approximate surface area is 436 Å². The second-order valence-corrected chi connectivity index (χ2v) is 22.7. The van der Waals surface area contributed by atoms with E-state index in [9.17, 15) is 29.0 Å². The van der Waals surface area contributed by atoms with Gasteiger partial charge in [-0.3, -0.25) is 37.5 Å². The number of imide groups is 1. The van der Waals surface area contributed by atoms with Crippen LogP contribution in [0.1, 0.15) is 32.2 Å². The summed E-state index contributed by atoms with van der Waals surface area (Å²) in [5.41, 5.74) is 12.5. The van der Waals surface area contributed by atoms with E-state index < -0.39 is 82.0 Å². The van der Waals surface area contributed by atoms with Crippen LogP contribution in [0.25, 0.3) is 22.3 Å². The molecule has 4 aromatic rings. The maximum atomic E-state index is 16.4. The van der Waals surface area contributed by atoms with E-state index in [1.54, 1.807) is 6.92 Å². The van der Waals surface area contributed by atoms with E-state index in [-0.39, 0.29) is 117 Å². The number of ether oxygens (including phenoxy) is 8. The Morgan fingerprint density at radius 1 is 0.773 bits per heavy atom. The van der Waals surface area contributed by atoms with Crippen LogP contribution in [0, 0.1) is 5.92 Å². The minimum absolute atomic E-state index is 0.00900. The number of anilines is 2. The van der Waals surface area contributed by atoms with Crippen molar-refractivity contribution in [1.29, 1.82) is 0 Å². The number of likely N-dealkylation sites (N-methyl/N-ethyl adjacent to an activating group) is 1. The number of imidazole rings is 2. The number of rotatable bonds is 21. The number of fused-ring (bicyclic) bond motifs is 4. The summed E-state index contributed by atoms with van der Waals surface area (Å²) >= 11 is 10.7. The second-order valence-electron chi connectivity index (χ2n) is 17.1. The Morgan fingerprint density at radius 3 is 1.87 bits per heavy atom. The highest BCUT2D eigenvalue weighted by Gasteiger charge is 2.55. The molecule has 4 aliphatic heterocycles. The molecular weight excluding hydrogens is 1080 g/mol. The smallest absolute Gasteiger partial charge is 0.432 e. The van der Waals surface area contributed by atoms with Crippen LogP contribution in [0.15, 0.2) is 25.3 Å². The minimum atomic E-state index is -4.44. The number of halogens is 1. The normalized spacial score (nSPS) is 29.3. The van der Waals surface area contributed by atoms with E-state index in [1.165, 1.54) is 38.6 Å². The number of amides is 3. The minimum Gasteiger partial charge on any atom is -0.432 e. The number of hydrogen-bond donors (Lipinski definition) is 4. The Hall–Kier alpha value is -4.67. The molecule has 3 unspecified atom stereocenters. The van der Waals surface area contributed by atoms with Crippen molar-refractivity contribution in [2.45, 2.75) is 68.9 Å². The largest absolute Gasteiger partial charge is 0.508 e. The third kappa shape index (κ3) is 13.9. The van der Waals surface area contributed by atoms with E-state index >= 15 is 4.39 Å². The summed E-state index contributed by atoms with van der Waals surface area (Å²) in [7, 11) is 1.50. The number of carbonyl (C=O) groups is 4. The van der Waals surface area contributed by atoms with Crippen molar-refractivity contribution < 1.29 is 89.3 Å². The van der Waals surface area contributed by atoms with Crippen LogP contribution in [-0.4, -0.2) is 212 Å². The molecule has 4 aromatic heterocycles. The summed E-state index contributed by atoms with van der Waals surface area (Å²) < 4.78 is 87.5. The highest BCUT2D eigenvalue weighted by atomic mass is 32.5. The molecule has 8 heterocycles. The second kappa shape index (κ2) is 25.2. The molecule has 4 saturated heterocycles. The van der Waals surface area contributed by atoms with Crippen LogP contribution < -0.4 is 11.5 Å². The standard InChI is InChI=1S/C40H55FN12O18P2S2/c1-22-15-26(55)51(37(22)56)5-7-61-10-12-63-14-13-62-11-9-60-6-3-25(54)50(2)4-8-64-40(57)69-32-31-24(68-39(32)53-21-49-29-34(43)45-19-47-36(29)53)17-66-72(58,74)70-30-23(16-65-73(59,75)71-31)67-38(27(30)41)52-20-48-28-33(42)44-18-46-35(28)52/h18-24,27,30-32,38-39H,3-17H2,1-2H3,(H,58,74)(H,59,75)(H2,42,44,46)(H2,43,45,47)/t22?,23-,24-,27-,30-,31-,32-,38-,39-,72?,73?/m1/s1. The number of carbonyl (C=O) groups excluding carboxylic acids is 4. The fourth-order valence-corrected chi connectivity index (χ4v) is 11.1. The van der Waals surface area contributed by atoms with Crippen molar-refractivity contribution in [3.05, 3.63) is 25.3 Å². The Balaban J connectivity index is 0.812. The summed E-state index contributed by atoms with van der Waals surface area (Å²) in [5.74, 6) is -0.936. The molecule has 30 nitrogen and oxygen atoms in total. The first-order valence-electron chi connectivity index (χ1n) is 23.3. The number of likely N-dealkylation sites (tertiary alicyclic amines) is 1. The quantitative estimate of drug-likeness (QED) is 0.0370. The van der Waals surface area contributed by atoms with Gasteiger partial charge in [0.05, 0.1) is 98.2 Å². The Morgan fingerprint density at radius 2 is 1.29 bits per heavy atom. The van der Waals surface area contributed by atoms with Gasteiger partial charge in [-0.1, -0.05) is 6.92 Å². The maximum Gasteiger partial charge on any atom is 0.508 e. The number of nitrogens with zero attached hydrogens (tertiary/aromatic N) is 10. The van der Waals surface area contributed by atoms with Gasteiger partial charge in [0.1, 0.15) is 54.7 Å². The van der Waals surface area contributed by atoms with Crippen molar-refractivity contribution in [2.75, 3.05) is 104 Å². The number of aromatic nitrogens is 8. The van der Waals surface area contributed by atoms with Crippen LogP contribution >= 0.6 is 13.4 Å². The molecule has 8 rings (SSSR count). The summed E-state index contributed by atoms with van der Waals surface area (Å²) in [6, 6.07) is 0. The molecule has 4 aliphatic rings. The fraction of sp³-hybridized carbons (Fsp3) is 0.650. The molecule has 412 valence electrons. The van der Waals surface area contributed by atoms with E-state index in [0.717, 1.165) is 12.7 Å². The molecule has 0 aliphatic carbocycles. The van der Waals surface area contributed by atoms with Gasteiger partial charge >= 0.3 is 19.6 Å². The third-order valence-corrected chi connectivity index (χ3v) is 15.1. The molecule has 75 heavy (non-hydrogen) atoms. The Kier molecular flexibility index (Phi) is 19.0. The van der Waals surface area contributed by atoms with Crippen molar-refractivity contribution in [3.63, 3.8) is 0 Å². The average Bonchev–Trinajstić information content (AvgIpc) is 4.20. The molecule has 11 atom stereocenters. The molecule has 3 amide bonds. The lowest BCUT2D eigenvalue weighted by molar-refractivity contribution is -0.140. The maximum absolute atomic E-state index is 16.4. The summed E-state index contributed by atoms with van der Waals surface area (Å²) in [4.78, 5) is 100. The van der Waals surface area contributed by atoms with Crippen LogP contribution in [0.4, 0.5) is 20.8 Å². The van der Waals surface area contributed by atoms with Crippen molar-refractivity contribution >= 4 is 94.9 Å². The first-order valence-corrected chi connectivity index (χ1v) is 28.4. The van der Waals surface area contributed by atoms with E-state index in [0.29, 0.717) is 26.4 Å². The predicted molar refractivity (Wildman–Crippen MR) is 259 cm³/mol. The van der Waals surface area contributed by atoms with Gasteiger partial charge in [-0.25, -0.2) is 39.1 Å². The first-order chi connectivity index (χ1) is 35.9. The first kappa shape index (κ1) is 56.5. The van der Waals surface area contributed by atoms with Gasteiger partial charge in [0.15, 0.2) is 47.7 Å². The summed E-state index contributed by atoms with van der Waals surface area (Å²) in [6.07, 6.45) is -8.75. The van der Waals surface area contributed by atoms with Crippen LogP contribution in [-0.2, 0) is 94.0 Å². The molecule has 0 spiro atoms. The van der Waals surface area contributed by atoms with Crippen molar-refractivity contribution in [3.8, 4) is 0 Å². The molecule has 0 bridgehead atoms. The SMILES string of the molecule is CC1CC(=O)N(CCOCCOCCOCCOCCC(=O)N(C)CCOC(=O)O[C@@H]2[C@@H]3OP(O)(=S)OC[C@H]4O[C@@H](n5cnc6c(N)ncnc65)[C@H](F)[C@@H]4OP(O)(=S)OC[C@H]3O[C@H]2n2cnc3c(N)ncnc32)C1=O. The average molecular weight is 1140 g/mol. The lowest BCUT2D eigenvalue weighted by Gasteiger charge is -2.30. The van der Waals surface area contributed by atoms with E-state index in [1.807, 2.05) is 0 Å². The van der Waals surface area contributed by atoms with Crippen LogP contribution in [0.3, 0.4) is 0 Å². The van der Waals surface area contributed by atoms with Gasteiger partial charge in [-0.15, -0.1) is 0 Å². The van der Waals surface area contributed by atoms with Gasteiger partial charge < -0.3 is 73.1 Å². The molecule has 35 heteroatoms. The van der Waals surface area contributed by atoms with Gasteiger partial charge in [0.2, 0.25) is 17.7 Å². The van der Waals surface area contributed by atoms with Crippen LogP contribution in [0.2, 0.25) is 0 Å². The van der Waals surface area contributed by atoms with E-state index in [2.05, 4.69) is 29.9 Å². The molecule has 4 fully saturated rings. The molecular formula is C40H55FN12O18P2S2. The lowest BCUT2D eigenvalue weighted by atomic mass is 10.1. The summed E-state index contributed by atoms with van der Waals surface area (Å²) in [6.45, 7) is -6.64. The molecule has 0 saturated carbocycles. The molecule has 0 aromatic carbocycles. The zero-order valence-electron chi connectivity index (χ0n) is 40.3. The zero-order chi connectivity index (χ0) is 53.4. The van der Waals surface area contributed by atoms with Gasteiger partial charge in [0, 0.05) is 19.4 Å². The zero-order valence-corrected chi connectivity index (χ0v) is 43.7. The van der Waals surface area contributed by atoms with Crippen molar-refractivity contribution in [2.24, 2.45) is 5.92 Å². The highest BCUT2D eigenvalue weighted by molar-refractivity contribution is 8.07. The lowest BCUT2D eigenvalue weighted by Crippen LogP contribution is -2.40. The Bertz CT molecular complexity index is 2770. The van der Waals surface area contributed by atoms with Gasteiger partial charge in [-0.2, -0.15) is 0 Å². The monoisotopic (exact) mass is 1140 g/mol. The van der Waals surface area contributed by atoms with Crippen molar-refractivity contribution in [1.82, 2.24) is 48.8 Å².